The summed E-state index contributed by atoms with van der Waals surface area (Å²) in [6.07, 6.45) is 6.68. The van der Waals surface area contributed by atoms with Crippen molar-refractivity contribution < 1.29 is 0 Å². The van der Waals surface area contributed by atoms with Crippen molar-refractivity contribution in [3.8, 4) is 0 Å². The highest BCUT2D eigenvalue weighted by atomic mass is 32.1. The van der Waals surface area contributed by atoms with Crippen LogP contribution >= 0.6 is 11.3 Å². The normalized spacial score (nSPS) is 16.5. The van der Waals surface area contributed by atoms with Crippen LogP contribution < -0.4 is 0 Å². The van der Waals surface area contributed by atoms with Gasteiger partial charge in [-0.1, -0.05) is 18.2 Å². The van der Waals surface area contributed by atoms with E-state index in [1.54, 1.807) is 0 Å². The first-order chi connectivity index (χ1) is 12.3. The Morgan fingerprint density at radius 3 is 2.76 bits per heavy atom. The number of fused-ring (bicyclic) bond motifs is 1. The van der Waals surface area contributed by atoms with Gasteiger partial charge in [-0.25, -0.2) is 4.98 Å². The Kier molecular flexibility index (Phi) is 5.09. The Balaban J connectivity index is 1.26. The standard InChI is InChI=1S/C21H25N3S/c1-16-6-4-8-19-21(16)25-20(23-19)9-5-13-24-14-10-17(11-15-24)18-7-2-3-12-22-18/h2-4,6-8,12,17H,5,9-11,13-15H2,1H3. The molecule has 0 spiro atoms. The van der Waals surface area contributed by atoms with Crippen LogP contribution in [-0.2, 0) is 6.42 Å². The molecular weight excluding hydrogens is 326 g/mol. The monoisotopic (exact) mass is 351 g/mol. The molecule has 1 aliphatic heterocycles. The molecule has 0 atom stereocenters. The summed E-state index contributed by atoms with van der Waals surface area (Å²) in [5.41, 5.74) is 3.78. The van der Waals surface area contributed by atoms with E-state index in [1.807, 2.05) is 23.6 Å². The van der Waals surface area contributed by atoms with Crippen LogP contribution in [0.25, 0.3) is 10.2 Å². The van der Waals surface area contributed by atoms with Gasteiger partial charge in [-0.3, -0.25) is 4.98 Å². The lowest BCUT2D eigenvalue weighted by Crippen LogP contribution is -2.34. The summed E-state index contributed by atoms with van der Waals surface area (Å²) in [4.78, 5) is 11.9. The van der Waals surface area contributed by atoms with Crippen molar-refractivity contribution in [2.75, 3.05) is 19.6 Å². The summed E-state index contributed by atoms with van der Waals surface area (Å²) in [6, 6.07) is 12.7. The Morgan fingerprint density at radius 1 is 1.12 bits per heavy atom. The van der Waals surface area contributed by atoms with E-state index in [-0.39, 0.29) is 0 Å². The van der Waals surface area contributed by atoms with Gasteiger partial charge in [-0.2, -0.15) is 0 Å². The molecular formula is C21H25N3S. The summed E-state index contributed by atoms with van der Waals surface area (Å²) in [5.74, 6) is 0.643. The van der Waals surface area contributed by atoms with Crippen molar-refractivity contribution in [3.63, 3.8) is 0 Å². The molecule has 1 aliphatic rings. The Labute approximate surface area is 153 Å². The number of aryl methyl sites for hydroxylation is 2. The van der Waals surface area contributed by atoms with Crippen LogP contribution in [0.1, 0.15) is 41.4 Å². The molecule has 1 fully saturated rings. The van der Waals surface area contributed by atoms with E-state index in [1.165, 1.54) is 59.9 Å². The van der Waals surface area contributed by atoms with Crippen molar-refractivity contribution in [3.05, 3.63) is 58.9 Å². The largest absolute Gasteiger partial charge is 0.303 e. The predicted molar refractivity (Wildman–Crippen MR) is 105 cm³/mol. The van der Waals surface area contributed by atoms with Crippen LogP contribution in [0, 0.1) is 6.92 Å². The number of piperidine rings is 1. The third-order valence-corrected chi connectivity index (χ3v) is 6.48. The third-order valence-electron chi connectivity index (χ3n) is 5.21. The Bertz CT molecular complexity index is 820. The lowest BCUT2D eigenvalue weighted by Gasteiger charge is -2.31. The second-order valence-electron chi connectivity index (χ2n) is 7.00. The minimum atomic E-state index is 0.643. The minimum absolute atomic E-state index is 0.643. The van der Waals surface area contributed by atoms with Crippen LogP contribution in [0.4, 0.5) is 0 Å². The van der Waals surface area contributed by atoms with Gasteiger partial charge in [0, 0.05) is 24.2 Å². The number of pyridine rings is 1. The van der Waals surface area contributed by atoms with Gasteiger partial charge in [0.1, 0.15) is 0 Å². The molecule has 0 radical (unpaired) electrons. The number of hydrogen-bond acceptors (Lipinski definition) is 4. The third kappa shape index (κ3) is 3.91. The number of thiazole rings is 1. The van der Waals surface area contributed by atoms with E-state index >= 15 is 0 Å². The van der Waals surface area contributed by atoms with Crippen LogP contribution in [0.2, 0.25) is 0 Å². The molecule has 1 saturated heterocycles. The maximum Gasteiger partial charge on any atom is 0.0939 e. The van der Waals surface area contributed by atoms with Crippen molar-refractivity contribution in [2.45, 2.75) is 38.5 Å². The highest BCUT2D eigenvalue weighted by molar-refractivity contribution is 7.18. The molecule has 4 rings (SSSR count). The quantitative estimate of drug-likeness (QED) is 0.660. The second kappa shape index (κ2) is 7.63. The van der Waals surface area contributed by atoms with E-state index in [0.29, 0.717) is 5.92 Å². The first-order valence-corrected chi connectivity index (χ1v) is 10.1. The van der Waals surface area contributed by atoms with Crippen LogP contribution in [-0.4, -0.2) is 34.5 Å². The average molecular weight is 352 g/mol. The van der Waals surface area contributed by atoms with Crippen molar-refractivity contribution in [1.82, 2.24) is 14.9 Å². The van der Waals surface area contributed by atoms with Gasteiger partial charge in [-0.15, -0.1) is 11.3 Å². The lowest BCUT2D eigenvalue weighted by molar-refractivity contribution is 0.209. The minimum Gasteiger partial charge on any atom is -0.303 e. The number of likely N-dealkylation sites (tertiary alicyclic amines) is 1. The molecule has 3 nitrogen and oxygen atoms in total. The summed E-state index contributed by atoms with van der Waals surface area (Å²) >= 11 is 1.87. The summed E-state index contributed by atoms with van der Waals surface area (Å²) < 4.78 is 1.36. The molecule has 0 saturated carbocycles. The fourth-order valence-corrected chi connectivity index (χ4v) is 4.84. The van der Waals surface area contributed by atoms with Gasteiger partial charge in [-0.05, 0) is 69.6 Å². The molecule has 0 bridgehead atoms. The zero-order valence-corrected chi connectivity index (χ0v) is 15.6. The SMILES string of the molecule is Cc1cccc2nc(CCCN3CCC(c4ccccn4)CC3)sc12. The average Bonchev–Trinajstić information content (AvgIpc) is 3.07. The van der Waals surface area contributed by atoms with Crippen LogP contribution in [0.15, 0.2) is 42.6 Å². The molecule has 1 aromatic carbocycles. The first kappa shape index (κ1) is 16.7. The lowest BCUT2D eigenvalue weighted by atomic mass is 9.93. The molecule has 2 aromatic heterocycles. The predicted octanol–water partition coefficient (Wildman–Crippen LogP) is 4.81. The van der Waals surface area contributed by atoms with Gasteiger partial charge >= 0.3 is 0 Å². The number of benzene rings is 1. The van der Waals surface area contributed by atoms with Gasteiger partial charge < -0.3 is 4.90 Å². The van der Waals surface area contributed by atoms with E-state index < -0.39 is 0 Å². The summed E-state index contributed by atoms with van der Waals surface area (Å²) in [6.45, 7) is 5.75. The van der Waals surface area contributed by atoms with Gasteiger partial charge in [0.2, 0.25) is 0 Å². The van der Waals surface area contributed by atoms with Crippen molar-refractivity contribution >= 4 is 21.6 Å². The molecule has 3 aromatic rings. The maximum atomic E-state index is 4.80. The highest BCUT2D eigenvalue weighted by Crippen LogP contribution is 2.28. The molecule has 0 unspecified atom stereocenters. The maximum absolute atomic E-state index is 4.80. The zero-order chi connectivity index (χ0) is 17.1. The second-order valence-corrected chi connectivity index (χ2v) is 8.09. The molecule has 130 valence electrons. The smallest absolute Gasteiger partial charge is 0.0939 e. The topological polar surface area (TPSA) is 29.0 Å². The van der Waals surface area contributed by atoms with Crippen LogP contribution in [0.3, 0.4) is 0 Å². The molecule has 0 aliphatic carbocycles. The van der Waals surface area contributed by atoms with Crippen molar-refractivity contribution in [2.24, 2.45) is 0 Å². The fourth-order valence-electron chi connectivity index (χ4n) is 3.76. The van der Waals surface area contributed by atoms with E-state index in [4.69, 9.17) is 4.98 Å². The molecule has 3 heterocycles. The molecule has 0 N–H and O–H groups in total. The van der Waals surface area contributed by atoms with Gasteiger partial charge in [0.15, 0.2) is 0 Å². The Morgan fingerprint density at radius 2 is 2.00 bits per heavy atom. The van der Waals surface area contributed by atoms with E-state index in [0.717, 1.165) is 11.9 Å². The zero-order valence-electron chi connectivity index (χ0n) is 14.8. The molecule has 25 heavy (non-hydrogen) atoms. The first-order valence-electron chi connectivity index (χ1n) is 9.28. The summed E-state index contributed by atoms with van der Waals surface area (Å²) in [7, 11) is 0. The number of nitrogens with zero attached hydrogens (tertiary/aromatic N) is 3. The number of rotatable bonds is 5. The number of hydrogen-bond donors (Lipinski definition) is 0. The molecule has 4 heteroatoms. The van der Waals surface area contributed by atoms with Crippen molar-refractivity contribution in [1.29, 1.82) is 0 Å². The molecule has 0 amide bonds. The summed E-state index contributed by atoms with van der Waals surface area (Å²) in [5, 5.41) is 1.28. The van der Waals surface area contributed by atoms with Gasteiger partial charge in [0.05, 0.1) is 15.2 Å². The van der Waals surface area contributed by atoms with E-state index in [2.05, 4.69) is 47.1 Å². The fraction of sp³-hybridized carbons (Fsp3) is 0.429. The Hall–Kier alpha value is -1.78. The van der Waals surface area contributed by atoms with E-state index in [9.17, 15) is 0 Å². The van der Waals surface area contributed by atoms with Gasteiger partial charge in [0.25, 0.3) is 0 Å². The number of aromatic nitrogens is 2. The van der Waals surface area contributed by atoms with Crippen LogP contribution in [0.5, 0.6) is 0 Å². The highest BCUT2D eigenvalue weighted by Gasteiger charge is 2.21.